The highest BCUT2D eigenvalue weighted by Gasteiger charge is 2.41. The molecular formula is C18H27NO2. The first-order valence-electron chi connectivity index (χ1n) is 8.15. The van der Waals surface area contributed by atoms with Crippen LogP contribution < -0.4 is 14.8 Å². The number of rotatable bonds is 6. The van der Waals surface area contributed by atoms with Crippen LogP contribution in [0.2, 0.25) is 0 Å². The summed E-state index contributed by atoms with van der Waals surface area (Å²) in [5.41, 5.74) is 1.22. The normalized spacial score (nSPS) is 28.6. The van der Waals surface area contributed by atoms with Crippen LogP contribution in [0.4, 0.5) is 0 Å². The summed E-state index contributed by atoms with van der Waals surface area (Å²) in [5.74, 6) is 4.58. The molecular weight excluding hydrogens is 262 g/mol. The molecule has 0 radical (unpaired) electrons. The van der Waals surface area contributed by atoms with E-state index >= 15 is 0 Å². The number of fused-ring (bicyclic) bond motifs is 2. The third-order valence-electron chi connectivity index (χ3n) is 5.47. The van der Waals surface area contributed by atoms with Crippen molar-refractivity contribution in [3.05, 3.63) is 23.8 Å². The van der Waals surface area contributed by atoms with E-state index in [4.69, 9.17) is 9.47 Å². The van der Waals surface area contributed by atoms with Crippen LogP contribution in [0.3, 0.4) is 0 Å². The van der Waals surface area contributed by atoms with Gasteiger partial charge in [0.05, 0.1) is 14.2 Å². The summed E-state index contributed by atoms with van der Waals surface area (Å²) in [5, 5.41) is 3.72. The molecule has 4 atom stereocenters. The van der Waals surface area contributed by atoms with Crippen LogP contribution in [-0.4, -0.2) is 20.3 Å². The number of nitrogens with one attached hydrogen (secondary N) is 1. The highest BCUT2D eigenvalue weighted by atomic mass is 16.5. The first-order chi connectivity index (χ1) is 10.2. The highest BCUT2D eigenvalue weighted by Crippen LogP contribution is 2.49. The van der Waals surface area contributed by atoms with Crippen molar-refractivity contribution in [2.75, 3.05) is 14.2 Å². The summed E-state index contributed by atoms with van der Waals surface area (Å²) in [6.07, 6.45) is 5.83. The summed E-state index contributed by atoms with van der Waals surface area (Å²) >= 11 is 0. The molecule has 21 heavy (non-hydrogen) atoms. The molecule has 0 heterocycles. The van der Waals surface area contributed by atoms with Crippen LogP contribution in [0.15, 0.2) is 18.2 Å². The minimum Gasteiger partial charge on any atom is -0.497 e. The zero-order valence-corrected chi connectivity index (χ0v) is 13.4. The van der Waals surface area contributed by atoms with Gasteiger partial charge in [0.2, 0.25) is 0 Å². The predicted octanol–water partition coefficient (Wildman–Crippen LogP) is 3.62. The molecule has 0 spiro atoms. The lowest BCUT2D eigenvalue weighted by Gasteiger charge is -2.28. The number of methoxy groups -OCH3 is 2. The predicted molar refractivity (Wildman–Crippen MR) is 84.8 cm³/mol. The van der Waals surface area contributed by atoms with Crippen LogP contribution in [0.5, 0.6) is 11.5 Å². The zero-order chi connectivity index (χ0) is 14.8. The minimum absolute atomic E-state index is 0.595. The second-order valence-electron chi connectivity index (χ2n) is 6.73. The maximum atomic E-state index is 5.34. The second kappa shape index (κ2) is 6.27. The van der Waals surface area contributed by atoms with E-state index in [1.54, 1.807) is 14.2 Å². The van der Waals surface area contributed by atoms with E-state index in [0.717, 1.165) is 35.8 Å². The Morgan fingerprint density at radius 3 is 2.33 bits per heavy atom. The largest absolute Gasteiger partial charge is 0.497 e. The van der Waals surface area contributed by atoms with Gasteiger partial charge in [0.25, 0.3) is 0 Å². The molecule has 3 nitrogen and oxygen atoms in total. The molecule has 0 saturated heterocycles. The lowest BCUT2D eigenvalue weighted by atomic mass is 9.84. The summed E-state index contributed by atoms with van der Waals surface area (Å²) < 4.78 is 10.7. The number of ether oxygens (including phenoxy) is 2. The third kappa shape index (κ3) is 3.18. The molecule has 2 fully saturated rings. The Balaban J connectivity index is 1.59. The van der Waals surface area contributed by atoms with Crippen molar-refractivity contribution in [1.82, 2.24) is 5.32 Å². The minimum atomic E-state index is 0.595. The standard InChI is InChI=1S/C18H27NO2/c1-12(18-9-13-4-5-15(18)6-13)19-11-14-7-16(20-2)10-17(8-14)21-3/h7-8,10,12-13,15,18-19H,4-6,9,11H2,1-3H3. The van der Waals surface area contributed by atoms with Gasteiger partial charge in [0, 0.05) is 18.7 Å². The van der Waals surface area contributed by atoms with E-state index in [9.17, 15) is 0 Å². The van der Waals surface area contributed by atoms with E-state index in [1.165, 1.54) is 31.2 Å². The fraction of sp³-hybridized carbons (Fsp3) is 0.667. The van der Waals surface area contributed by atoms with Gasteiger partial charge in [-0.15, -0.1) is 0 Å². The van der Waals surface area contributed by atoms with E-state index in [1.807, 2.05) is 6.07 Å². The van der Waals surface area contributed by atoms with Crippen molar-refractivity contribution < 1.29 is 9.47 Å². The Bertz CT molecular complexity index is 466. The maximum Gasteiger partial charge on any atom is 0.122 e. The highest BCUT2D eigenvalue weighted by molar-refractivity contribution is 5.38. The van der Waals surface area contributed by atoms with Gasteiger partial charge in [0.15, 0.2) is 0 Å². The van der Waals surface area contributed by atoms with Crippen molar-refractivity contribution in [1.29, 1.82) is 0 Å². The summed E-state index contributed by atoms with van der Waals surface area (Å²) in [4.78, 5) is 0. The number of hydrogen-bond donors (Lipinski definition) is 1. The Morgan fingerprint density at radius 2 is 1.81 bits per heavy atom. The van der Waals surface area contributed by atoms with Crippen molar-refractivity contribution in [2.24, 2.45) is 17.8 Å². The first kappa shape index (κ1) is 14.7. The fourth-order valence-corrected chi connectivity index (χ4v) is 4.30. The monoisotopic (exact) mass is 289 g/mol. The van der Waals surface area contributed by atoms with Gasteiger partial charge < -0.3 is 14.8 Å². The van der Waals surface area contributed by atoms with Gasteiger partial charge in [-0.2, -0.15) is 0 Å². The summed E-state index contributed by atoms with van der Waals surface area (Å²) in [7, 11) is 3.40. The molecule has 2 aliphatic rings. The maximum absolute atomic E-state index is 5.34. The Kier molecular flexibility index (Phi) is 4.39. The lowest BCUT2D eigenvalue weighted by molar-refractivity contribution is 0.259. The Labute approximate surface area is 128 Å². The smallest absolute Gasteiger partial charge is 0.122 e. The van der Waals surface area contributed by atoms with Gasteiger partial charge in [-0.05, 0) is 61.6 Å². The Morgan fingerprint density at radius 1 is 1.10 bits per heavy atom. The van der Waals surface area contributed by atoms with Crippen molar-refractivity contribution >= 4 is 0 Å². The van der Waals surface area contributed by atoms with Crippen LogP contribution in [-0.2, 0) is 6.54 Å². The van der Waals surface area contributed by atoms with E-state index in [-0.39, 0.29) is 0 Å². The molecule has 0 amide bonds. The van der Waals surface area contributed by atoms with Gasteiger partial charge in [-0.3, -0.25) is 0 Å². The lowest BCUT2D eigenvalue weighted by Crippen LogP contribution is -2.35. The van der Waals surface area contributed by atoms with E-state index in [2.05, 4.69) is 24.4 Å². The van der Waals surface area contributed by atoms with Crippen LogP contribution >= 0.6 is 0 Å². The van der Waals surface area contributed by atoms with E-state index < -0.39 is 0 Å². The van der Waals surface area contributed by atoms with Crippen molar-refractivity contribution in [3.8, 4) is 11.5 Å². The number of hydrogen-bond acceptors (Lipinski definition) is 3. The first-order valence-corrected chi connectivity index (χ1v) is 8.15. The molecule has 2 bridgehead atoms. The molecule has 1 aromatic carbocycles. The van der Waals surface area contributed by atoms with Gasteiger partial charge in [-0.25, -0.2) is 0 Å². The molecule has 1 aromatic rings. The molecule has 0 aliphatic heterocycles. The van der Waals surface area contributed by atoms with Crippen LogP contribution in [0.25, 0.3) is 0 Å². The summed E-state index contributed by atoms with van der Waals surface area (Å²) in [6, 6.07) is 6.69. The SMILES string of the molecule is COc1cc(CNC(C)C2CC3CCC2C3)cc(OC)c1. The molecule has 3 rings (SSSR count). The van der Waals surface area contributed by atoms with Gasteiger partial charge in [0.1, 0.15) is 11.5 Å². The second-order valence-corrected chi connectivity index (χ2v) is 6.73. The molecule has 116 valence electrons. The van der Waals surface area contributed by atoms with Crippen molar-refractivity contribution in [3.63, 3.8) is 0 Å². The molecule has 0 aromatic heterocycles. The van der Waals surface area contributed by atoms with Crippen molar-refractivity contribution in [2.45, 2.75) is 45.2 Å². The van der Waals surface area contributed by atoms with E-state index in [0.29, 0.717) is 6.04 Å². The molecule has 3 heteroatoms. The third-order valence-corrected chi connectivity index (χ3v) is 5.47. The van der Waals surface area contributed by atoms with Gasteiger partial charge in [-0.1, -0.05) is 6.42 Å². The van der Waals surface area contributed by atoms with Gasteiger partial charge >= 0.3 is 0 Å². The summed E-state index contributed by atoms with van der Waals surface area (Å²) in [6.45, 7) is 3.23. The zero-order valence-electron chi connectivity index (χ0n) is 13.4. The topological polar surface area (TPSA) is 30.5 Å². The van der Waals surface area contributed by atoms with Crippen LogP contribution in [0, 0.1) is 17.8 Å². The molecule has 2 aliphatic carbocycles. The average Bonchev–Trinajstić information content (AvgIpc) is 3.15. The molecule has 2 saturated carbocycles. The molecule has 1 N–H and O–H groups in total. The van der Waals surface area contributed by atoms with Crippen LogP contribution in [0.1, 0.15) is 38.2 Å². The number of benzene rings is 1. The Hall–Kier alpha value is -1.22. The fourth-order valence-electron chi connectivity index (χ4n) is 4.30. The quantitative estimate of drug-likeness (QED) is 0.867. The molecule has 4 unspecified atom stereocenters. The average molecular weight is 289 g/mol.